The van der Waals surface area contributed by atoms with Crippen LogP contribution in [0.15, 0.2) is 24.3 Å². The molecule has 6 heteroatoms. The van der Waals surface area contributed by atoms with Gasteiger partial charge in [0.15, 0.2) is 0 Å². The van der Waals surface area contributed by atoms with E-state index >= 15 is 0 Å². The first kappa shape index (κ1) is 18.3. The predicted octanol–water partition coefficient (Wildman–Crippen LogP) is 3.45. The molecule has 1 aromatic heterocycles. The lowest BCUT2D eigenvalue weighted by Gasteiger charge is -2.26. The molecule has 0 saturated carbocycles. The van der Waals surface area contributed by atoms with Gasteiger partial charge in [-0.15, -0.1) is 0 Å². The molecule has 0 aliphatic carbocycles. The Bertz CT molecular complexity index is 832. The minimum atomic E-state index is -0.805. The Hall–Kier alpha value is -2.50. The first-order valence-electron chi connectivity index (χ1n) is 9.05. The van der Waals surface area contributed by atoms with Crippen molar-refractivity contribution >= 4 is 23.0 Å². The van der Waals surface area contributed by atoms with Crippen LogP contribution in [0, 0.1) is 0 Å². The molecular weight excluding hydrogens is 332 g/mol. The third-order valence-electron chi connectivity index (χ3n) is 4.65. The summed E-state index contributed by atoms with van der Waals surface area (Å²) in [5.74, 6) is -0.805. The molecule has 1 aliphatic heterocycles. The van der Waals surface area contributed by atoms with E-state index in [4.69, 9.17) is 9.84 Å². The maximum atomic E-state index is 12.4. The van der Waals surface area contributed by atoms with Gasteiger partial charge in [-0.05, 0) is 38.8 Å². The Morgan fingerprint density at radius 3 is 2.54 bits per heavy atom. The van der Waals surface area contributed by atoms with Crippen molar-refractivity contribution < 1.29 is 19.4 Å². The van der Waals surface area contributed by atoms with Crippen LogP contribution in [0.4, 0.5) is 4.79 Å². The zero-order valence-electron chi connectivity index (χ0n) is 15.6. The van der Waals surface area contributed by atoms with Crippen LogP contribution < -0.4 is 0 Å². The van der Waals surface area contributed by atoms with E-state index in [2.05, 4.69) is 10.6 Å². The summed E-state index contributed by atoms with van der Waals surface area (Å²) >= 11 is 0. The van der Waals surface area contributed by atoms with Crippen molar-refractivity contribution in [2.24, 2.45) is 0 Å². The molecule has 0 bridgehead atoms. The number of carboxylic acid groups (broad SMARTS) is 1. The summed E-state index contributed by atoms with van der Waals surface area (Å²) in [7, 11) is 0. The van der Waals surface area contributed by atoms with Crippen molar-refractivity contribution in [3.05, 3.63) is 35.5 Å². The van der Waals surface area contributed by atoms with Gasteiger partial charge in [-0.2, -0.15) is 0 Å². The number of benzene rings is 1. The van der Waals surface area contributed by atoms with Gasteiger partial charge >= 0.3 is 12.1 Å². The van der Waals surface area contributed by atoms with E-state index in [9.17, 15) is 9.59 Å². The largest absolute Gasteiger partial charge is 0.481 e. The van der Waals surface area contributed by atoms with Gasteiger partial charge in [0.25, 0.3) is 0 Å². The number of ether oxygens (including phenoxy) is 1. The van der Waals surface area contributed by atoms with Crippen LogP contribution >= 0.6 is 0 Å². The molecule has 3 rings (SSSR count). The molecule has 140 valence electrons. The Morgan fingerprint density at radius 1 is 1.15 bits per heavy atom. The van der Waals surface area contributed by atoms with Crippen molar-refractivity contribution in [3.63, 3.8) is 0 Å². The van der Waals surface area contributed by atoms with Crippen LogP contribution in [0.2, 0.25) is 0 Å². The van der Waals surface area contributed by atoms with E-state index < -0.39 is 11.6 Å². The van der Waals surface area contributed by atoms with Crippen LogP contribution in [-0.4, -0.2) is 45.3 Å². The van der Waals surface area contributed by atoms with Crippen molar-refractivity contribution in [1.82, 2.24) is 9.47 Å². The summed E-state index contributed by atoms with van der Waals surface area (Å²) in [6.45, 7) is 7.22. The van der Waals surface area contributed by atoms with Gasteiger partial charge in [-0.1, -0.05) is 18.2 Å². The molecule has 1 aliphatic rings. The maximum Gasteiger partial charge on any atom is 0.410 e. The molecule has 1 amide bonds. The summed E-state index contributed by atoms with van der Waals surface area (Å²) in [6.07, 6.45) is 1.24. The zero-order valence-corrected chi connectivity index (χ0v) is 15.6. The summed E-state index contributed by atoms with van der Waals surface area (Å²) in [5, 5.41) is 10.2. The van der Waals surface area contributed by atoms with Gasteiger partial charge in [-0.25, -0.2) is 4.79 Å². The molecular formula is C20H26N2O4. The van der Waals surface area contributed by atoms with E-state index in [0.717, 1.165) is 23.0 Å². The number of carbonyl (C=O) groups is 2. The van der Waals surface area contributed by atoms with Crippen molar-refractivity contribution in [3.8, 4) is 0 Å². The zero-order chi connectivity index (χ0) is 18.9. The van der Waals surface area contributed by atoms with E-state index in [-0.39, 0.29) is 12.5 Å². The minimum absolute atomic E-state index is 0.0842. The van der Waals surface area contributed by atoms with E-state index in [0.29, 0.717) is 26.1 Å². The third kappa shape index (κ3) is 3.84. The SMILES string of the molecule is CC(C)(C)OC(=O)N1CCc2c(n(CCC(=O)O)c3ccccc23)CC1. The van der Waals surface area contributed by atoms with Crippen LogP contribution in [0.3, 0.4) is 0 Å². The van der Waals surface area contributed by atoms with Crippen molar-refractivity contribution in [1.29, 1.82) is 0 Å². The molecule has 0 atom stereocenters. The fourth-order valence-electron chi connectivity index (χ4n) is 3.56. The second-order valence-electron chi connectivity index (χ2n) is 7.71. The highest BCUT2D eigenvalue weighted by atomic mass is 16.6. The van der Waals surface area contributed by atoms with Gasteiger partial charge in [-0.3, -0.25) is 4.79 Å². The second-order valence-corrected chi connectivity index (χ2v) is 7.71. The molecule has 0 fully saturated rings. The molecule has 0 saturated heterocycles. The number of para-hydroxylation sites is 1. The molecule has 2 heterocycles. The number of hydrogen-bond donors (Lipinski definition) is 1. The normalized spacial score (nSPS) is 14.8. The number of aromatic nitrogens is 1. The highest BCUT2D eigenvalue weighted by molar-refractivity contribution is 5.86. The predicted molar refractivity (Wildman–Crippen MR) is 99.4 cm³/mol. The summed E-state index contributed by atoms with van der Waals surface area (Å²) in [5.41, 5.74) is 2.92. The minimum Gasteiger partial charge on any atom is -0.481 e. The number of fused-ring (bicyclic) bond motifs is 3. The lowest BCUT2D eigenvalue weighted by molar-refractivity contribution is -0.137. The average molecular weight is 358 g/mol. The fraction of sp³-hybridized carbons (Fsp3) is 0.500. The summed E-state index contributed by atoms with van der Waals surface area (Å²) in [4.78, 5) is 25.2. The molecule has 0 radical (unpaired) electrons. The molecule has 1 N–H and O–H groups in total. The van der Waals surface area contributed by atoms with Gasteiger partial charge in [0, 0.05) is 42.7 Å². The number of nitrogens with zero attached hydrogens (tertiary/aromatic N) is 2. The molecule has 2 aromatic rings. The van der Waals surface area contributed by atoms with Gasteiger partial charge in [0.1, 0.15) is 5.60 Å². The number of rotatable bonds is 3. The van der Waals surface area contributed by atoms with Crippen LogP contribution in [0.25, 0.3) is 10.9 Å². The van der Waals surface area contributed by atoms with E-state index in [1.807, 2.05) is 39.0 Å². The molecule has 0 unspecified atom stereocenters. The quantitative estimate of drug-likeness (QED) is 0.912. The average Bonchev–Trinajstić information content (AvgIpc) is 2.69. The maximum absolute atomic E-state index is 12.4. The number of aryl methyl sites for hydroxylation is 1. The Kier molecular flexibility index (Phi) is 4.94. The van der Waals surface area contributed by atoms with Crippen LogP contribution in [0.1, 0.15) is 38.4 Å². The lowest BCUT2D eigenvalue weighted by atomic mass is 10.1. The fourth-order valence-corrected chi connectivity index (χ4v) is 3.56. The monoisotopic (exact) mass is 358 g/mol. The van der Waals surface area contributed by atoms with Crippen molar-refractivity contribution in [2.45, 2.75) is 52.2 Å². The first-order chi connectivity index (χ1) is 12.3. The third-order valence-corrected chi connectivity index (χ3v) is 4.65. The van der Waals surface area contributed by atoms with Crippen LogP contribution in [0.5, 0.6) is 0 Å². The number of amides is 1. The van der Waals surface area contributed by atoms with Crippen LogP contribution in [-0.2, 0) is 28.9 Å². The summed E-state index contributed by atoms with van der Waals surface area (Å²) in [6, 6.07) is 8.10. The first-order valence-corrected chi connectivity index (χ1v) is 9.05. The van der Waals surface area contributed by atoms with Gasteiger partial charge < -0.3 is 19.3 Å². The Balaban J connectivity index is 1.89. The lowest BCUT2D eigenvalue weighted by Crippen LogP contribution is -2.38. The smallest absolute Gasteiger partial charge is 0.410 e. The molecule has 6 nitrogen and oxygen atoms in total. The Morgan fingerprint density at radius 2 is 1.85 bits per heavy atom. The van der Waals surface area contributed by atoms with Gasteiger partial charge in [0.05, 0.1) is 6.42 Å². The summed E-state index contributed by atoms with van der Waals surface area (Å²) < 4.78 is 7.62. The number of carbonyl (C=O) groups excluding carboxylic acids is 1. The van der Waals surface area contributed by atoms with Gasteiger partial charge in [0.2, 0.25) is 0 Å². The van der Waals surface area contributed by atoms with E-state index in [1.165, 1.54) is 5.56 Å². The molecule has 0 spiro atoms. The standard InChI is InChI=1S/C20H26N2O4/c1-20(2,3)26-19(25)21-11-8-15-14-6-4-5-7-16(14)22(13-10-18(23)24)17(15)9-12-21/h4-7H,8-13H2,1-3H3,(H,23,24). The highest BCUT2D eigenvalue weighted by Gasteiger charge is 2.27. The number of carboxylic acids is 1. The number of hydrogen-bond acceptors (Lipinski definition) is 3. The highest BCUT2D eigenvalue weighted by Crippen LogP contribution is 2.30. The second kappa shape index (κ2) is 7.02. The molecule has 26 heavy (non-hydrogen) atoms. The number of aliphatic carboxylic acids is 1. The van der Waals surface area contributed by atoms with Crippen molar-refractivity contribution in [2.75, 3.05) is 13.1 Å². The van der Waals surface area contributed by atoms with E-state index in [1.54, 1.807) is 4.90 Å². The topological polar surface area (TPSA) is 71.8 Å². The Labute approximate surface area is 153 Å². The molecule has 1 aromatic carbocycles.